The van der Waals surface area contributed by atoms with E-state index in [-0.39, 0.29) is 0 Å². The van der Waals surface area contributed by atoms with Gasteiger partial charge in [-0.05, 0) is 36.2 Å². The standard InChI is InChI=1S/C11H12N4/c1-9-7-11(15-6-2-5-14-15)4-3-10(9)8-13-12/h2-8H,12H2,1H3. The molecule has 0 aliphatic heterocycles. The largest absolute Gasteiger partial charge is 0.323 e. The van der Waals surface area contributed by atoms with E-state index in [1.165, 1.54) is 0 Å². The number of nitrogens with zero attached hydrogens (tertiary/aromatic N) is 3. The van der Waals surface area contributed by atoms with Gasteiger partial charge in [0.1, 0.15) is 0 Å². The van der Waals surface area contributed by atoms with Gasteiger partial charge in [-0.25, -0.2) is 4.68 Å². The lowest BCUT2D eigenvalue weighted by molar-refractivity contribution is 0.879. The summed E-state index contributed by atoms with van der Waals surface area (Å²) < 4.78 is 1.82. The van der Waals surface area contributed by atoms with Crippen molar-refractivity contribution >= 4 is 6.21 Å². The molecule has 0 unspecified atom stereocenters. The number of nitrogens with two attached hydrogens (primary N) is 1. The molecular formula is C11H12N4. The molecule has 0 saturated carbocycles. The molecule has 0 aliphatic rings. The van der Waals surface area contributed by atoms with E-state index in [1.807, 2.05) is 42.1 Å². The van der Waals surface area contributed by atoms with Gasteiger partial charge in [0.2, 0.25) is 0 Å². The van der Waals surface area contributed by atoms with Crippen molar-refractivity contribution in [1.29, 1.82) is 0 Å². The van der Waals surface area contributed by atoms with E-state index in [1.54, 1.807) is 12.4 Å². The zero-order valence-electron chi connectivity index (χ0n) is 8.46. The van der Waals surface area contributed by atoms with Gasteiger partial charge >= 0.3 is 0 Å². The molecule has 1 aromatic heterocycles. The lowest BCUT2D eigenvalue weighted by Gasteiger charge is -2.04. The van der Waals surface area contributed by atoms with Crippen LogP contribution < -0.4 is 5.84 Å². The Balaban J connectivity index is 2.42. The van der Waals surface area contributed by atoms with Crippen LogP contribution in [0.5, 0.6) is 0 Å². The summed E-state index contributed by atoms with van der Waals surface area (Å²) in [4.78, 5) is 0. The molecule has 0 amide bonds. The van der Waals surface area contributed by atoms with Crippen LogP contribution in [0.2, 0.25) is 0 Å². The van der Waals surface area contributed by atoms with Gasteiger partial charge in [0, 0.05) is 12.4 Å². The predicted molar refractivity (Wildman–Crippen MR) is 60.1 cm³/mol. The molecule has 2 N–H and O–H groups in total. The summed E-state index contributed by atoms with van der Waals surface area (Å²) in [6.07, 6.45) is 5.30. The molecule has 76 valence electrons. The van der Waals surface area contributed by atoms with Gasteiger partial charge in [0.15, 0.2) is 0 Å². The van der Waals surface area contributed by atoms with Gasteiger partial charge < -0.3 is 5.84 Å². The Labute approximate surface area is 88.0 Å². The minimum atomic E-state index is 1.02. The molecule has 0 spiro atoms. The van der Waals surface area contributed by atoms with Gasteiger partial charge in [-0.15, -0.1) is 0 Å². The van der Waals surface area contributed by atoms with E-state index in [4.69, 9.17) is 5.84 Å². The van der Waals surface area contributed by atoms with Crippen molar-refractivity contribution in [2.24, 2.45) is 10.9 Å². The average molecular weight is 200 g/mol. The molecule has 4 nitrogen and oxygen atoms in total. The molecular weight excluding hydrogens is 188 g/mol. The Morgan fingerprint density at radius 1 is 1.47 bits per heavy atom. The number of rotatable bonds is 2. The van der Waals surface area contributed by atoms with Crippen molar-refractivity contribution in [3.8, 4) is 5.69 Å². The summed E-state index contributed by atoms with van der Waals surface area (Å²) in [7, 11) is 0. The van der Waals surface area contributed by atoms with Crippen LogP contribution in [0.1, 0.15) is 11.1 Å². The summed E-state index contributed by atoms with van der Waals surface area (Å²) >= 11 is 0. The molecule has 4 heteroatoms. The van der Waals surface area contributed by atoms with Crippen molar-refractivity contribution in [2.75, 3.05) is 0 Å². The first-order chi connectivity index (χ1) is 7.31. The van der Waals surface area contributed by atoms with Gasteiger partial charge in [0.25, 0.3) is 0 Å². The summed E-state index contributed by atoms with van der Waals surface area (Å²) in [5.41, 5.74) is 3.18. The topological polar surface area (TPSA) is 56.2 Å². The predicted octanol–water partition coefficient (Wildman–Crippen LogP) is 1.47. The van der Waals surface area contributed by atoms with Crippen LogP contribution in [-0.4, -0.2) is 16.0 Å². The molecule has 0 aliphatic carbocycles. The Morgan fingerprint density at radius 3 is 2.93 bits per heavy atom. The average Bonchev–Trinajstić information content (AvgIpc) is 2.74. The van der Waals surface area contributed by atoms with E-state index in [9.17, 15) is 0 Å². The van der Waals surface area contributed by atoms with Gasteiger partial charge in [-0.1, -0.05) is 6.07 Å². The Bertz CT molecular complexity index is 471. The fourth-order valence-corrected chi connectivity index (χ4v) is 1.45. The maximum atomic E-state index is 5.11. The zero-order valence-corrected chi connectivity index (χ0v) is 8.46. The number of hydrogen-bond acceptors (Lipinski definition) is 3. The molecule has 0 atom stereocenters. The fraction of sp³-hybridized carbons (Fsp3) is 0.0909. The van der Waals surface area contributed by atoms with Gasteiger partial charge in [0.05, 0.1) is 11.9 Å². The maximum Gasteiger partial charge on any atom is 0.0648 e. The van der Waals surface area contributed by atoms with Crippen LogP contribution in [0, 0.1) is 6.92 Å². The van der Waals surface area contributed by atoms with Crippen LogP contribution in [0.4, 0.5) is 0 Å². The van der Waals surface area contributed by atoms with Crippen LogP contribution in [-0.2, 0) is 0 Å². The maximum absolute atomic E-state index is 5.11. The van der Waals surface area contributed by atoms with E-state index in [0.29, 0.717) is 0 Å². The number of benzene rings is 1. The third-order valence-electron chi connectivity index (χ3n) is 2.24. The SMILES string of the molecule is Cc1cc(-n2cccn2)ccc1C=NN. The van der Waals surface area contributed by atoms with Crippen LogP contribution in [0.3, 0.4) is 0 Å². The van der Waals surface area contributed by atoms with E-state index >= 15 is 0 Å². The van der Waals surface area contributed by atoms with E-state index in [0.717, 1.165) is 16.8 Å². The molecule has 2 rings (SSSR count). The summed E-state index contributed by atoms with van der Waals surface area (Å²) in [6.45, 7) is 2.02. The first kappa shape index (κ1) is 9.45. The van der Waals surface area contributed by atoms with Crippen LogP contribution in [0.15, 0.2) is 41.8 Å². The number of hydrazone groups is 1. The summed E-state index contributed by atoms with van der Waals surface area (Å²) in [6, 6.07) is 7.90. The van der Waals surface area contributed by atoms with Gasteiger partial charge in [-0.3, -0.25) is 0 Å². The molecule has 1 heterocycles. The van der Waals surface area contributed by atoms with E-state index in [2.05, 4.69) is 10.2 Å². The van der Waals surface area contributed by atoms with Crippen molar-refractivity contribution in [3.63, 3.8) is 0 Å². The molecule has 0 bridgehead atoms. The van der Waals surface area contributed by atoms with Crippen molar-refractivity contribution in [3.05, 3.63) is 47.8 Å². The quantitative estimate of drug-likeness (QED) is 0.453. The Hall–Kier alpha value is -2.10. The molecule has 0 fully saturated rings. The smallest absolute Gasteiger partial charge is 0.0648 e. The first-order valence-electron chi connectivity index (χ1n) is 4.65. The van der Waals surface area contributed by atoms with Crippen molar-refractivity contribution in [2.45, 2.75) is 6.92 Å². The molecule has 0 radical (unpaired) electrons. The summed E-state index contributed by atoms with van der Waals surface area (Å²) in [5.74, 6) is 5.11. The first-order valence-corrected chi connectivity index (χ1v) is 4.65. The second kappa shape index (κ2) is 3.96. The van der Waals surface area contributed by atoms with Crippen LogP contribution in [0.25, 0.3) is 5.69 Å². The molecule has 2 aromatic rings. The van der Waals surface area contributed by atoms with Crippen LogP contribution >= 0.6 is 0 Å². The third kappa shape index (κ3) is 1.88. The lowest BCUT2D eigenvalue weighted by atomic mass is 10.1. The highest BCUT2D eigenvalue weighted by Gasteiger charge is 1.99. The minimum Gasteiger partial charge on any atom is -0.323 e. The Kier molecular flexibility index (Phi) is 2.49. The van der Waals surface area contributed by atoms with Crippen molar-refractivity contribution in [1.82, 2.24) is 9.78 Å². The van der Waals surface area contributed by atoms with Gasteiger partial charge in [-0.2, -0.15) is 10.2 Å². The molecule has 15 heavy (non-hydrogen) atoms. The molecule has 1 aromatic carbocycles. The van der Waals surface area contributed by atoms with Crippen molar-refractivity contribution < 1.29 is 0 Å². The number of aryl methyl sites for hydroxylation is 1. The summed E-state index contributed by atoms with van der Waals surface area (Å²) in [5, 5.41) is 7.67. The highest BCUT2D eigenvalue weighted by Crippen LogP contribution is 2.12. The second-order valence-electron chi connectivity index (χ2n) is 3.27. The Morgan fingerprint density at radius 2 is 2.33 bits per heavy atom. The minimum absolute atomic E-state index is 1.02. The lowest BCUT2D eigenvalue weighted by Crippen LogP contribution is -1.97. The van der Waals surface area contributed by atoms with E-state index < -0.39 is 0 Å². The normalized spacial score (nSPS) is 11.0. The number of aromatic nitrogens is 2. The molecule has 0 saturated heterocycles. The highest BCUT2D eigenvalue weighted by atomic mass is 15.3. The zero-order chi connectivity index (χ0) is 10.7. The monoisotopic (exact) mass is 200 g/mol. The third-order valence-corrected chi connectivity index (χ3v) is 2.24. The highest BCUT2D eigenvalue weighted by molar-refractivity contribution is 5.81. The fourth-order valence-electron chi connectivity index (χ4n) is 1.45. The second-order valence-corrected chi connectivity index (χ2v) is 3.27. The number of hydrogen-bond donors (Lipinski definition) is 1.